The number of aromatic amines is 1. The number of nitrogens with one attached hydrogen (secondary N) is 1. The van der Waals surface area contributed by atoms with Crippen molar-refractivity contribution in [3.8, 4) is 10.6 Å². The molecule has 23 heavy (non-hydrogen) atoms. The maximum absolute atomic E-state index is 12.4. The molecule has 1 N–H and O–H groups in total. The third-order valence-corrected chi connectivity index (χ3v) is 5.73. The highest BCUT2D eigenvalue weighted by Gasteiger charge is 2.24. The number of carbonyl (C=O) groups is 1. The van der Waals surface area contributed by atoms with Gasteiger partial charge in [0.15, 0.2) is 5.82 Å². The van der Waals surface area contributed by atoms with Crippen LogP contribution in [0.2, 0.25) is 0 Å². The lowest BCUT2D eigenvalue weighted by Crippen LogP contribution is -2.48. The predicted molar refractivity (Wildman–Crippen MR) is 94.3 cm³/mol. The van der Waals surface area contributed by atoms with Gasteiger partial charge in [0.1, 0.15) is 0 Å². The molecule has 0 aliphatic carbocycles. The summed E-state index contributed by atoms with van der Waals surface area (Å²) in [7, 11) is 0. The SMILES string of the molecule is O=C(c1cccs1)N1CCN(c2cc(-c3cccs3)[nH]n2)CC1. The molecule has 4 rings (SSSR count). The van der Waals surface area contributed by atoms with Crippen molar-refractivity contribution in [3.63, 3.8) is 0 Å². The number of anilines is 1. The van der Waals surface area contributed by atoms with E-state index in [1.54, 1.807) is 11.3 Å². The van der Waals surface area contributed by atoms with Crippen molar-refractivity contribution in [1.29, 1.82) is 0 Å². The van der Waals surface area contributed by atoms with E-state index >= 15 is 0 Å². The fourth-order valence-corrected chi connectivity index (χ4v) is 4.11. The summed E-state index contributed by atoms with van der Waals surface area (Å²) in [6.07, 6.45) is 0. The van der Waals surface area contributed by atoms with Crippen LogP contribution in [0.15, 0.2) is 41.1 Å². The number of hydrogen-bond acceptors (Lipinski definition) is 5. The van der Waals surface area contributed by atoms with Crippen LogP contribution in [0.25, 0.3) is 10.6 Å². The molecule has 1 aliphatic heterocycles. The highest BCUT2D eigenvalue weighted by Crippen LogP contribution is 2.26. The minimum absolute atomic E-state index is 0.140. The Morgan fingerprint density at radius 1 is 1.09 bits per heavy atom. The lowest BCUT2D eigenvalue weighted by atomic mass is 10.2. The second kappa shape index (κ2) is 6.17. The Morgan fingerprint density at radius 2 is 1.87 bits per heavy atom. The molecule has 0 bridgehead atoms. The lowest BCUT2D eigenvalue weighted by Gasteiger charge is -2.34. The third-order valence-electron chi connectivity index (χ3n) is 3.97. The number of carbonyl (C=O) groups excluding carboxylic acids is 1. The lowest BCUT2D eigenvalue weighted by molar-refractivity contribution is 0.0751. The van der Waals surface area contributed by atoms with Gasteiger partial charge < -0.3 is 9.80 Å². The van der Waals surface area contributed by atoms with Crippen LogP contribution >= 0.6 is 22.7 Å². The molecule has 1 aliphatic rings. The normalized spacial score (nSPS) is 15.1. The van der Waals surface area contributed by atoms with Gasteiger partial charge in [-0.15, -0.1) is 22.7 Å². The van der Waals surface area contributed by atoms with Gasteiger partial charge in [-0.3, -0.25) is 9.89 Å². The molecule has 3 aromatic rings. The molecule has 3 aromatic heterocycles. The summed E-state index contributed by atoms with van der Waals surface area (Å²) < 4.78 is 0. The van der Waals surface area contributed by atoms with E-state index in [2.05, 4.69) is 32.6 Å². The average molecular weight is 344 g/mol. The number of piperazine rings is 1. The first-order valence-electron chi connectivity index (χ1n) is 7.48. The van der Waals surface area contributed by atoms with Crippen LogP contribution in [-0.4, -0.2) is 47.2 Å². The molecule has 1 amide bonds. The molecule has 0 saturated carbocycles. The maximum Gasteiger partial charge on any atom is 0.264 e. The average Bonchev–Trinajstić information content (AvgIpc) is 3.36. The summed E-state index contributed by atoms with van der Waals surface area (Å²) in [5.74, 6) is 1.09. The Morgan fingerprint density at radius 3 is 2.57 bits per heavy atom. The summed E-state index contributed by atoms with van der Waals surface area (Å²) in [4.78, 5) is 18.5. The van der Waals surface area contributed by atoms with Gasteiger partial charge in [-0.2, -0.15) is 5.10 Å². The summed E-state index contributed by atoms with van der Waals surface area (Å²) in [5.41, 5.74) is 1.05. The highest BCUT2D eigenvalue weighted by molar-refractivity contribution is 7.13. The van der Waals surface area contributed by atoms with Crippen LogP contribution < -0.4 is 4.90 Å². The number of hydrogen-bond donors (Lipinski definition) is 1. The number of aromatic nitrogens is 2. The van der Waals surface area contributed by atoms with Crippen LogP contribution in [0.3, 0.4) is 0 Å². The van der Waals surface area contributed by atoms with E-state index in [9.17, 15) is 4.79 Å². The zero-order valence-electron chi connectivity index (χ0n) is 12.4. The second-order valence-corrected chi connectivity index (χ2v) is 7.27. The van der Waals surface area contributed by atoms with Gasteiger partial charge in [-0.05, 0) is 22.9 Å². The number of thiophene rings is 2. The summed E-state index contributed by atoms with van der Waals surface area (Å²) in [5, 5.41) is 11.5. The van der Waals surface area contributed by atoms with E-state index in [4.69, 9.17) is 0 Å². The van der Waals surface area contributed by atoms with Gasteiger partial charge in [-0.25, -0.2) is 0 Å². The summed E-state index contributed by atoms with van der Waals surface area (Å²) >= 11 is 3.20. The number of rotatable bonds is 3. The zero-order chi connectivity index (χ0) is 15.6. The van der Waals surface area contributed by atoms with Crippen LogP contribution in [0.5, 0.6) is 0 Å². The van der Waals surface area contributed by atoms with Crippen molar-refractivity contribution in [2.45, 2.75) is 0 Å². The minimum Gasteiger partial charge on any atom is -0.352 e. The van der Waals surface area contributed by atoms with Crippen LogP contribution in [0.1, 0.15) is 9.67 Å². The van der Waals surface area contributed by atoms with E-state index in [0.29, 0.717) is 0 Å². The molecule has 0 aromatic carbocycles. The quantitative estimate of drug-likeness (QED) is 0.794. The predicted octanol–water partition coefficient (Wildman–Crippen LogP) is 3.16. The number of nitrogens with zero attached hydrogens (tertiary/aromatic N) is 3. The third kappa shape index (κ3) is 2.89. The van der Waals surface area contributed by atoms with Crippen LogP contribution in [0, 0.1) is 0 Å². The van der Waals surface area contributed by atoms with Crippen molar-refractivity contribution in [3.05, 3.63) is 46.0 Å². The number of H-pyrrole nitrogens is 1. The fourth-order valence-electron chi connectivity index (χ4n) is 2.73. The largest absolute Gasteiger partial charge is 0.352 e. The highest BCUT2D eigenvalue weighted by atomic mass is 32.1. The van der Waals surface area contributed by atoms with Crippen molar-refractivity contribution in [2.24, 2.45) is 0 Å². The number of amides is 1. The van der Waals surface area contributed by atoms with Crippen molar-refractivity contribution < 1.29 is 4.79 Å². The Kier molecular flexibility index (Phi) is 3.88. The van der Waals surface area contributed by atoms with Gasteiger partial charge in [0.2, 0.25) is 0 Å². The first kappa shape index (κ1) is 14.5. The Balaban J connectivity index is 1.41. The van der Waals surface area contributed by atoms with Gasteiger partial charge >= 0.3 is 0 Å². The molecule has 4 heterocycles. The molecule has 1 saturated heterocycles. The minimum atomic E-state index is 0.140. The van der Waals surface area contributed by atoms with Gasteiger partial charge in [0, 0.05) is 32.2 Å². The molecular formula is C16H16N4OS2. The first-order chi connectivity index (χ1) is 11.3. The summed E-state index contributed by atoms with van der Waals surface area (Å²) in [6, 6.07) is 10.0. The topological polar surface area (TPSA) is 52.2 Å². The Hall–Kier alpha value is -2.12. The van der Waals surface area contributed by atoms with E-state index < -0.39 is 0 Å². The van der Waals surface area contributed by atoms with E-state index in [-0.39, 0.29) is 5.91 Å². The van der Waals surface area contributed by atoms with Crippen LogP contribution in [0.4, 0.5) is 5.82 Å². The standard InChI is InChI=1S/C16H16N4OS2/c21-16(14-4-2-10-23-14)20-7-5-19(6-8-20)15-11-12(17-18-15)13-3-1-9-22-13/h1-4,9-11H,5-8H2,(H,17,18). The fraction of sp³-hybridized carbons (Fsp3) is 0.250. The molecule has 5 nitrogen and oxygen atoms in total. The van der Waals surface area contributed by atoms with E-state index in [1.165, 1.54) is 16.2 Å². The zero-order valence-corrected chi connectivity index (χ0v) is 14.1. The Labute approximate surface area is 142 Å². The molecule has 0 spiro atoms. The summed E-state index contributed by atoms with van der Waals surface area (Å²) in [6.45, 7) is 3.09. The van der Waals surface area contributed by atoms with Crippen LogP contribution in [-0.2, 0) is 0 Å². The van der Waals surface area contributed by atoms with E-state index in [0.717, 1.165) is 42.6 Å². The molecule has 1 fully saturated rings. The molecule has 118 valence electrons. The van der Waals surface area contributed by atoms with Crippen molar-refractivity contribution >= 4 is 34.4 Å². The maximum atomic E-state index is 12.4. The first-order valence-corrected chi connectivity index (χ1v) is 9.24. The van der Waals surface area contributed by atoms with Crippen molar-refractivity contribution in [1.82, 2.24) is 15.1 Å². The molecule has 0 unspecified atom stereocenters. The van der Waals surface area contributed by atoms with E-state index in [1.807, 2.05) is 28.5 Å². The molecule has 0 atom stereocenters. The second-order valence-electron chi connectivity index (χ2n) is 5.37. The Bertz CT molecular complexity index is 771. The van der Waals surface area contributed by atoms with Gasteiger partial charge in [-0.1, -0.05) is 12.1 Å². The monoisotopic (exact) mass is 344 g/mol. The van der Waals surface area contributed by atoms with Gasteiger partial charge in [0.25, 0.3) is 5.91 Å². The molecule has 7 heteroatoms. The van der Waals surface area contributed by atoms with Crippen molar-refractivity contribution in [2.75, 3.05) is 31.1 Å². The van der Waals surface area contributed by atoms with Gasteiger partial charge in [0.05, 0.1) is 15.4 Å². The molecular weight excluding hydrogens is 328 g/mol. The molecule has 0 radical (unpaired) electrons. The smallest absolute Gasteiger partial charge is 0.264 e.